The van der Waals surface area contributed by atoms with E-state index in [1.165, 1.54) is 64.2 Å². The third-order valence-electron chi connectivity index (χ3n) is 4.46. The van der Waals surface area contributed by atoms with Gasteiger partial charge in [0.05, 0.1) is 19.8 Å². The number of hydrogen-bond acceptors (Lipinski definition) is 6. The minimum atomic E-state index is -3.78. The normalized spacial score (nSPS) is 11.2. The molecule has 0 unspecified atom stereocenters. The van der Waals surface area contributed by atoms with Gasteiger partial charge in [0.15, 0.2) is 6.11 Å². The summed E-state index contributed by atoms with van der Waals surface area (Å²) >= 11 is 0. The van der Waals surface area contributed by atoms with E-state index in [9.17, 15) is 8.42 Å². The van der Waals surface area contributed by atoms with E-state index in [0.717, 1.165) is 12.8 Å². The lowest BCUT2D eigenvalue weighted by Gasteiger charge is -2.04. The Kier molecular flexibility index (Phi) is 21.3. The van der Waals surface area contributed by atoms with Gasteiger partial charge in [0.25, 0.3) is 0 Å². The standard InChI is InChI=1S/C22H42O6S/c1-3-5-6-7-8-9-10-11-12-13-14-15-16-17-18-27-28-29(23,24)22-21-26-20-19-25-4-2/h3-16,19-22H2,1-2H3. The maximum absolute atomic E-state index is 11.5. The second kappa shape index (κ2) is 21.9. The van der Waals surface area contributed by atoms with Gasteiger partial charge in [0.1, 0.15) is 5.75 Å². The van der Waals surface area contributed by atoms with Gasteiger partial charge in [0.2, 0.25) is 0 Å². The summed E-state index contributed by atoms with van der Waals surface area (Å²) in [4.78, 5) is 4.47. The zero-order valence-corrected chi connectivity index (χ0v) is 19.4. The first-order valence-electron chi connectivity index (χ1n) is 11.3. The van der Waals surface area contributed by atoms with Crippen LogP contribution in [0.4, 0.5) is 0 Å². The van der Waals surface area contributed by atoms with Gasteiger partial charge < -0.3 is 9.47 Å². The van der Waals surface area contributed by atoms with Crippen molar-refractivity contribution in [1.82, 2.24) is 0 Å². The molecule has 0 saturated carbocycles. The second-order valence-corrected chi connectivity index (χ2v) is 8.80. The highest BCUT2D eigenvalue weighted by Gasteiger charge is 2.12. The van der Waals surface area contributed by atoms with Gasteiger partial charge in [-0.05, 0) is 17.7 Å². The Morgan fingerprint density at radius 2 is 1.24 bits per heavy atom. The number of unbranched alkanes of at least 4 members (excludes halogenated alkanes) is 12. The van der Waals surface area contributed by atoms with Crippen molar-refractivity contribution >= 4 is 10.1 Å². The van der Waals surface area contributed by atoms with Crippen LogP contribution in [0.25, 0.3) is 0 Å². The fourth-order valence-electron chi connectivity index (χ4n) is 2.76. The molecule has 0 fully saturated rings. The first kappa shape index (κ1) is 28.2. The number of hydrogen-bond donors (Lipinski definition) is 0. The fraction of sp³-hybridized carbons (Fsp3) is 0.909. The molecule has 0 saturated heterocycles. The van der Waals surface area contributed by atoms with Crippen molar-refractivity contribution in [3.05, 3.63) is 0 Å². The van der Waals surface area contributed by atoms with Gasteiger partial charge in [-0.15, -0.1) is 0 Å². The molecule has 0 aliphatic rings. The first-order chi connectivity index (χ1) is 14.1. The van der Waals surface area contributed by atoms with Crippen LogP contribution >= 0.6 is 0 Å². The van der Waals surface area contributed by atoms with Crippen molar-refractivity contribution in [3.8, 4) is 12.0 Å². The molecule has 0 aromatic rings. The Labute approximate surface area is 179 Å². The van der Waals surface area contributed by atoms with Gasteiger partial charge >= 0.3 is 10.1 Å². The number of ether oxygens (including phenoxy) is 2. The van der Waals surface area contributed by atoms with E-state index in [-0.39, 0.29) is 12.4 Å². The van der Waals surface area contributed by atoms with Gasteiger partial charge in [-0.1, -0.05) is 83.5 Å². The summed E-state index contributed by atoms with van der Waals surface area (Å²) in [6.45, 7) is 5.57. The van der Waals surface area contributed by atoms with Gasteiger partial charge in [-0.25, -0.2) is 0 Å². The Hall–Kier alpha value is -0.810. The molecular formula is C22H42O6S. The van der Waals surface area contributed by atoms with Crippen LogP contribution < -0.4 is 0 Å². The van der Waals surface area contributed by atoms with Crippen molar-refractivity contribution < 1.29 is 27.1 Å². The van der Waals surface area contributed by atoms with Crippen LogP contribution in [0.2, 0.25) is 0 Å². The predicted octanol–water partition coefficient (Wildman–Crippen LogP) is 5.37. The highest BCUT2D eigenvalue weighted by atomic mass is 32.2. The Balaban J connectivity index is 3.40. The van der Waals surface area contributed by atoms with Crippen molar-refractivity contribution in [3.63, 3.8) is 0 Å². The molecule has 172 valence electrons. The molecule has 0 aromatic heterocycles. The minimum absolute atomic E-state index is 0.0328. The first-order valence-corrected chi connectivity index (χ1v) is 12.9. The summed E-state index contributed by atoms with van der Waals surface area (Å²) < 4.78 is 37.6. The smallest absolute Gasteiger partial charge is 0.306 e. The fourth-order valence-corrected chi connectivity index (χ4v) is 3.29. The molecule has 29 heavy (non-hydrogen) atoms. The average Bonchev–Trinajstić information content (AvgIpc) is 2.70. The van der Waals surface area contributed by atoms with Crippen molar-refractivity contribution in [2.45, 2.75) is 97.3 Å². The van der Waals surface area contributed by atoms with Crippen LogP contribution in [0, 0.1) is 12.0 Å². The Morgan fingerprint density at radius 1 is 0.690 bits per heavy atom. The van der Waals surface area contributed by atoms with Crippen LogP contribution in [-0.4, -0.2) is 40.6 Å². The zero-order valence-electron chi connectivity index (χ0n) is 18.6. The maximum Gasteiger partial charge on any atom is 0.306 e. The van der Waals surface area contributed by atoms with E-state index in [0.29, 0.717) is 26.2 Å². The molecule has 0 atom stereocenters. The summed E-state index contributed by atoms with van der Waals surface area (Å²) in [5.74, 6) is 2.50. The molecule has 0 rings (SSSR count). The summed E-state index contributed by atoms with van der Waals surface area (Å²) in [5.41, 5.74) is 0. The molecule has 0 aliphatic carbocycles. The van der Waals surface area contributed by atoms with Crippen molar-refractivity contribution in [2.24, 2.45) is 0 Å². The lowest BCUT2D eigenvalue weighted by molar-refractivity contribution is -0.127. The van der Waals surface area contributed by atoms with Gasteiger partial charge in [-0.3, -0.25) is 4.89 Å². The summed E-state index contributed by atoms with van der Waals surface area (Å²) in [7, 11) is -3.78. The molecular weight excluding hydrogens is 392 g/mol. The molecule has 6 nitrogen and oxygen atoms in total. The van der Waals surface area contributed by atoms with Gasteiger partial charge in [0, 0.05) is 13.0 Å². The zero-order chi connectivity index (χ0) is 21.5. The average molecular weight is 435 g/mol. The molecule has 7 heteroatoms. The molecule has 0 heterocycles. The van der Waals surface area contributed by atoms with Crippen LogP contribution in [0.1, 0.15) is 97.3 Å². The van der Waals surface area contributed by atoms with Crippen LogP contribution in [-0.2, 0) is 28.8 Å². The molecule has 0 aliphatic heterocycles. The molecule has 0 spiro atoms. The van der Waals surface area contributed by atoms with Gasteiger partial charge in [-0.2, -0.15) is 8.42 Å². The largest absolute Gasteiger partial charge is 0.379 e. The van der Waals surface area contributed by atoms with E-state index in [1.807, 2.05) is 6.92 Å². The highest BCUT2D eigenvalue weighted by molar-refractivity contribution is 7.86. The molecule has 0 radical (unpaired) electrons. The topological polar surface area (TPSA) is 71.1 Å². The van der Waals surface area contributed by atoms with E-state index in [4.69, 9.17) is 9.47 Å². The molecule has 0 bridgehead atoms. The lowest BCUT2D eigenvalue weighted by Crippen LogP contribution is -2.16. The summed E-state index contributed by atoms with van der Waals surface area (Å²) in [6, 6.07) is 0. The molecule has 0 N–H and O–H groups in total. The van der Waals surface area contributed by atoms with E-state index in [1.54, 1.807) is 0 Å². The second-order valence-electron chi connectivity index (χ2n) is 7.14. The Bertz CT molecular complexity index is 495. The van der Waals surface area contributed by atoms with Crippen molar-refractivity contribution in [1.29, 1.82) is 0 Å². The monoisotopic (exact) mass is 434 g/mol. The van der Waals surface area contributed by atoms with Crippen molar-refractivity contribution in [2.75, 3.05) is 32.2 Å². The van der Waals surface area contributed by atoms with Crippen LogP contribution in [0.5, 0.6) is 0 Å². The third kappa shape index (κ3) is 23.3. The lowest BCUT2D eigenvalue weighted by atomic mass is 10.0. The van der Waals surface area contributed by atoms with E-state index < -0.39 is 10.1 Å². The Morgan fingerprint density at radius 3 is 1.83 bits per heavy atom. The minimum Gasteiger partial charge on any atom is -0.379 e. The molecule has 0 amide bonds. The van der Waals surface area contributed by atoms with Crippen LogP contribution in [0.15, 0.2) is 0 Å². The maximum atomic E-state index is 11.5. The van der Waals surface area contributed by atoms with E-state index in [2.05, 4.69) is 28.2 Å². The van der Waals surface area contributed by atoms with E-state index >= 15 is 0 Å². The third-order valence-corrected chi connectivity index (χ3v) is 5.40. The highest BCUT2D eigenvalue weighted by Crippen LogP contribution is 2.12. The predicted molar refractivity (Wildman–Crippen MR) is 117 cm³/mol. The SMILES string of the molecule is CCCCCCCCCCCCCCC#COOS(=O)(=O)CCOCCOCC. The summed E-state index contributed by atoms with van der Waals surface area (Å²) in [6.07, 6.45) is 18.5. The van der Waals surface area contributed by atoms with Crippen LogP contribution in [0.3, 0.4) is 0 Å². The number of rotatable bonds is 21. The summed E-state index contributed by atoms with van der Waals surface area (Å²) in [5, 5.41) is 0. The quantitative estimate of drug-likeness (QED) is 0.105. The molecule has 0 aromatic carbocycles.